The highest BCUT2D eigenvalue weighted by Gasteiger charge is 2.20. The second-order valence-electron chi connectivity index (χ2n) is 7.76. The number of aromatic amines is 1. The van der Waals surface area contributed by atoms with E-state index in [0.717, 1.165) is 30.4 Å². The molecule has 0 aliphatic heterocycles. The first-order valence-corrected chi connectivity index (χ1v) is 9.65. The zero-order chi connectivity index (χ0) is 19.6. The molecule has 2 aromatic rings. The molecule has 1 heterocycles. The summed E-state index contributed by atoms with van der Waals surface area (Å²) < 4.78 is 7.26. The smallest absolute Gasteiger partial charge is 0.331 e. The summed E-state index contributed by atoms with van der Waals surface area (Å²) >= 11 is 0. The van der Waals surface area contributed by atoms with Crippen molar-refractivity contribution in [2.24, 2.45) is 5.92 Å². The Morgan fingerprint density at radius 1 is 1.19 bits per heavy atom. The number of benzene rings is 1. The van der Waals surface area contributed by atoms with E-state index in [9.17, 15) is 9.59 Å². The molecule has 5 heteroatoms. The molecule has 0 saturated carbocycles. The zero-order valence-electron chi connectivity index (χ0n) is 16.5. The van der Waals surface area contributed by atoms with Crippen LogP contribution in [0.15, 0.2) is 39.9 Å². The van der Waals surface area contributed by atoms with E-state index in [-0.39, 0.29) is 17.4 Å². The molecular formula is C22H28N2O3. The lowest BCUT2D eigenvalue weighted by molar-refractivity contribution is 0.430. The van der Waals surface area contributed by atoms with Crippen molar-refractivity contribution >= 4 is 0 Å². The van der Waals surface area contributed by atoms with Gasteiger partial charge < -0.3 is 4.74 Å². The minimum Gasteiger partial charge on any atom is -0.440 e. The first kappa shape index (κ1) is 19.2. The number of H-pyrrole nitrogens is 1. The monoisotopic (exact) mass is 368 g/mol. The Kier molecular flexibility index (Phi) is 5.68. The van der Waals surface area contributed by atoms with Gasteiger partial charge in [0.25, 0.3) is 5.56 Å². The lowest BCUT2D eigenvalue weighted by Gasteiger charge is -2.16. The van der Waals surface area contributed by atoms with Gasteiger partial charge in [-0.3, -0.25) is 14.3 Å². The van der Waals surface area contributed by atoms with Crippen molar-refractivity contribution in [2.75, 3.05) is 0 Å². The first-order valence-electron chi connectivity index (χ1n) is 9.65. The quantitative estimate of drug-likeness (QED) is 0.768. The molecule has 1 atom stereocenters. The fraction of sp³-hybridized carbons (Fsp3) is 0.455. The molecule has 144 valence electrons. The van der Waals surface area contributed by atoms with Crippen molar-refractivity contribution in [1.29, 1.82) is 0 Å². The van der Waals surface area contributed by atoms with Crippen LogP contribution >= 0.6 is 0 Å². The third kappa shape index (κ3) is 4.41. The second-order valence-corrected chi connectivity index (χ2v) is 7.76. The van der Waals surface area contributed by atoms with Gasteiger partial charge in [-0.25, -0.2) is 4.79 Å². The van der Waals surface area contributed by atoms with Crippen LogP contribution in [0.5, 0.6) is 11.6 Å². The molecule has 1 unspecified atom stereocenters. The first-order chi connectivity index (χ1) is 12.8. The van der Waals surface area contributed by atoms with Crippen LogP contribution in [0.2, 0.25) is 0 Å². The highest BCUT2D eigenvalue weighted by Crippen LogP contribution is 2.27. The van der Waals surface area contributed by atoms with Gasteiger partial charge >= 0.3 is 5.69 Å². The molecule has 27 heavy (non-hydrogen) atoms. The van der Waals surface area contributed by atoms with Crippen LogP contribution in [0.25, 0.3) is 0 Å². The minimum atomic E-state index is -0.411. The molecule has 1 aromatic carbocycles. The number of hydrogen-bond acceptors (Lipinski definition) is 3. The van der Waals surface area contributed by atoms with Crippen molar-refractivity contribution in [3.05, 3.63) is 67.9 Å². The van der Waals surface area contributed by atoms with Crippen molar-refractivity contribution in [3.63, 3.8) is 0 Å². The van der Waals surface area contributed by atoms with Crippen LogP contribution < -0.4 is 16.0 Å². The van der Waals surface area contributed by atoms with Crippen molar-refractivity contribution in [3.8, 4) is 11.6 Å². The number of allylic oxidation sites excluding steroid dienone is 2. The van der Waals surface area contributed by atoms with E-state index < -0.39 is 5.69 Å². The Bertz CT molecular complexity index is 946. The molecule has 0 bridgehead atoms. The second kappa shape index (κ2) is 7.99. The van der Waals surface area contributed by atoms with Gasteiger partial charge in [0.1, 0.15) is 5.75 Å². The molecule has 3 rings (SSSR count). The SMILES string of the molecule is Cc1cc(C)cc(Oc2[nH]c(=O)n(CCC3C=CCC3)c(=O)c2C(C)C)c1. The van der Waals surface area contributed by atoms with Gasteiger partial charge in [0, 0.05) is 6.54 Å². The fourth-order valence-corrected chi connectivity index (χ4v) is 3.70. The highest BCUT2D eigenvalue weighted by atomic mass is 16.5. The van der Waals surface area contributed by atoms with Gasteiger partial charge in [-0.1, -0.05) is 32.1 Å². The summed E-state index contributed by atoms with van der Waals surface area (Å²) in [6.07, 6.45) is 7.32. The molecular weight excluding hydrogens is 340 g/mol. The minimum absolute atomic E-state index is 0.0621. The maximum Gasteiger partial charge on any atom is 0.331 e. The standard InChI is InChI=1S/C22H28N2O3/c1-14(2)19-20(27-18-12-15(3)11-16(4)13-18)23-22(26)24(21(19)25)10-9-17-7-5-6-8-17/h5,7,11-14,17H,6,8-10H2,1-4H3,(H,23,26). The Balaban J connectivity index is 1.95. The summed E-state index contributed by atoms with van der Waals surface area (Å²) in [5.74, 6) is 1.26. The lowest BCUT2D eigenvalue weighted by atomic mass is 10.0. The number of aromatic nitrogens is 2. The summed E-state index contributed by atoms with van der Waals surface area (Å²) in [4.78, 5) is 28.4. The van der Waals surface area contributed by atoms with Gasteiger partial charge in [-0.2, -0.15) is 0 Å². The van der Waals surface area contributed by atoms with Gasteiger partial charge in [0.15, 0.2) is 0 Å². The third-order valence-electron chi connectivity index (χ3n) is 5.01. The average Bonchev–Trinajstić information content (AvgIpc) is 3.06. The van der Waals surface area contributed by atoms with Crippen LogP contribution in [0.1, 0.15) is 55.7 Å². The molecule has 1 aliphatic rings. The van der Waals surface area contributed by atoms with E-state index in [1.54, 1.807) is 0 Å². The van der Waals surface area contributed by atoms with Crippen LogP contribution in [0, 0.1) is 19.8 Å². The summed E-state index contributed by atoms with van der Waals surface area (Å²) in [5, 5.41) is 0. The van der Waals surface area contributed by atoms with E-state index >= 15 is 0 Å². The number of nitrogens with zero attached hydrogens (tertiary/aromatic N) is 1. The average molecular weight is 368 g/mol. The largest absolute Gasteiger partial charge is 0.440 e. The Morgan fingerprint density at radius 2 is 1.89 bits per heavy atom. The van der Waals surface area contributed by atoms with E-state index in [4.69, 9.17) is 4.74 Å². The zero-order valence-corrected chi connectivity index (χ0v) is 16.5. The summed E-state index contributed by atoms with van der Waals surface area (Å²) in [6.45, 7) is 8.27. The van der Waals surface area contributed by atoms with Gasteiger partial charge in [-0.05, 0) is 68.2 Å². The Morgan fingerprint density at radius 3 is 2.48 bits per heavy atom. The predicted octanol–water partition coefficient (Wildman–Crippen LogP) is 4.43. The summed E-state index contributed by atoms with van der Waals surface area (Å²) in [7, 11) is 0. The molecule has 0 radical (unpaired) electrons. The van der Waals surface area contributed by atoms with Crippen molar-refractivity contribution in [2.45, 2.75) is 59.4 Å². The third-order valence-corrected chi connectivity index (χ3v) is 5.01. The Hall–Kier alpha value is -2.56. The number of nitrogens with one attached hydrogen (secondary N) is 1. The normalized spacial score (nSPS) is 16.3. The maximum absolute atomic E-state index is 13.0. The highest BCUT2D eigenvalue weighted by molar-refractivity contribution is 5.37. The molecule has 0 amide bonds. The molecule has 1 N–H and O–H groups in total. The fourth-order valence-electron chi connectivity index (χ4n) is 3.70. The maximum atomic E-state index is 13.0. The van der Waals surface area contributed by atoms with Gasteiger partial charge in [0.05, 0.1) is 5.56 Å². The number of hydrogen-bond donors (Lipinski definition) is 1. The van der Waals surface area contributed by atoms with Crippen molar-refractivity contribution < 1.29 is 4.74 Å². The number of rotatable bonds is 6. The van der Waals surface area contributed by atoms with Crippen LogP contribution in [-0.4, -0.2) is 9.55 Å². The van der Waals surface area contributed by atoms with Crippen LogP contribution in [0.3, 0.4) is 0 Å². The van der Waals surface area contributed by atoms with Crippen LogP contribution in [-0.2, 0) is 6.54 Å². The van der Waals surface area contributed by atoms with Crippen molar-refractivity contribution in [1.82, 2.24) is 9.55 Å². The molecule has 1 aliphatic carbocycles. The molecule has 0 fully saturated rings. The van der Waals surface area contributed by atoms with E-state index in [0.29, 0.717) is 23.8 Å². The van der Waals surface area contributed by atoms with Crippen LogP contribution in [0.4, 0.5) is 0 Å². The summed E-state index contributed by atoms with van der Waals surface area (Å²) in [5.41, 5.74) is 1.98. The van der Waals surface area contributed by atoms with Gasteiger partial charge in [0.2, 0.25) is 5.88 Å². The number of aryl methyl sites for hydroxylation is 2. The summed E-state index contributed by atoms with van der Waals surface area (Å²) in [6, 6.07) is 5.84. The molecule has 1 aromatic heterocycles. The van der Waals surface area contributed by atoms with Gasteiger partial charge in [-0.15, -0.1) is 0 Å². The predicted molar refractivity (Wildman–Crippen MR) is 108 cm³/mol. The lowest BCUT2D eigenvalue weighted by Crippen LogP contribution is -2.38. The molecule has 5 nitrogen and oxygen atoms in total. The molecule has 0 saturated heterocycles. The number of ether oxygens (including phenoxy) is 1. The Labute approximate surface area is 159 Å². The van der Waals surface area contributed by atoms with E-state index in [2.05, 4.69) is 23.2 Å². The molecule has 0 spiro atoms. The topological polar surface area (TPSA) is 64.1 Å². The van der Waals surface area contributed by atoms with E-state index in [1.165, 1.54) is 4.57 Å². The van der Waals surface area contributed by atoms with E-state index in [1.807, 2.05) is 39.8 Å².